The minimum Gasteiger partial charge on any atom is -0.464 e. The highest BCUT2D eigenvalue weighted by Gasteiger charge is 2.32. The van der Waals surface area contributed by atoms with Crippen LogP contribution in [-0.4, -0.2) is 25.9 Å². The molecule has 2 aromatic carbocycles. The third kappa shape index (κ3) is 5.15. The lowest BCUT2D eigenvalue weighted by Gasteiger charge is -2.07. The summed E-state index contributed by atoms with van der Waals surface area (Å²) in [4.78, 5) is 16.6. The summed E-state index contributed by atoms with van der Waals surface area (Å²) in [6.45, 7) is 0. The SMILES string of the molecule is CO/N=C(\C(=O)OC)c1ccccc1C#CC#Cc1ccccc1C(F)(F)F. The van der Waals surface area contributed by atoms with Gasteiger partial charge in [0.25, 0.3) is 0 Å². The van der Waals surface area contributed by atoms with Gasteiger partial charge in [-0.25, -0.2) is 4.79 Å². The molecule has 0 spiro atoms. The number of carbonyl (C=O) groups excluding carboxylic acids is 1. The van der Waals surface area contributed by atoms with Gasteiger partial charge in [-0.3, -0.25) is 0 Å². The number of carbonyl (C=O) groups is 1. The molecule has 0 saturated carbocycles. The number of hydrogen-bond acceptors (Lipinski definition) is 4. The summed E-state index contributed by atoms with van der Waals surface area (Å²) in [7, 11) is 2.48. The van der Waals surface area contributed by atoms with Crippen LogP contribution in [0.1, 0.15) is 22.3 Å². The van der Waals surface area contributed by atoms with E-state index in [0.717, 1.165) is 6.07 Å². The van der Waals surface area contributed by atoms with Crippen molar-refractivity contribution in [3.63, 3.8) is 0 Å². The molecule has 0 saturated heterocycles. The minimum atomic E-state index is -4.50. The molecule has 0 atom stereocenters. The number of oxime groups is 1. The van der Waals surface area contributed by atoms with Gasteiger partial charge in [-0.2, -0.15) is 13.2 Å². The van der Waals surface area contributed by atoms with Crippen LogP contribution >= 0.6 is 0 Å². The summed E-state index contributed by atoms with van der Waals surface area (Å²) in [6.07, 6.45) is -4.50. The Morgan fingerprint density at radius 3 is 2.11 bits per heavy atom. The third-order valence-corrected chi connectivity index (χ3v) is 3.43. The number of ether oxygens (including phenoxy) is 1. The third-order valence-electron chi connectivity index (χ3n) is 3.43. The van der Waals surface area contributed by atoms with Crippen LogP contribution in [0.3, 0.4) is 0 Å². The van der Waals surface area contributed by atoms with Gasteiger partial charge >= 0.3 is 12.1 Å². The zero-order chi connectivity index (χ0) is 20.6. The second-order valence-electron chi connectivity index (χ2n) is 5.20. The highest BCUT2D eigenvalue weighted by Crippen LogP contribution is 2.31. The molecule has 0 fully saturated rings. The highest BCUT2D eigenvalue weighted by atomic mass is 19.4. The predicted molar refractivity (Wildman–Crippen MR) is 97.2 cm³/mol. The summed E-state index contributed by atoms with van der Waals surface area (Å²) >= 11 is 0. The van der Waals surface area contributed by atoms with Crippen molar-refractivity contribution in [2.24, 2.45) is 5.16 Å². The lowest BCUT2D eigenvalue weighted by atomic mass is 10.0. The molecule has 0 unspecified atom stereocenters. The summed E-state index contributed by atoms with van der Waals surface area (Å²) in [5.74, 6) is 9.30. The largest absolute Gasteiger partial charge is 0.464 e. The van der Waals surface area contributed by atoms with Gasteiger partial charge in [0.2, 0.25) is 0 Å². The molecule has 0 aromatic heterocycles. The average molecular weight is 385 g/mol. The number of esters is 1. The van der Waals surface area contributed by atoms with E-state index in [-0.39, 0.29) is 11.3 Å². The van der Waals surface area contributed by atoms with Crippen LogP contribution < -0.4 is 0 Å². The Balaban J connectivity index is 2.40. The summed E-state index contributed by atoms with van der Waals surface area (Å²) < 4.78 is 43.6. The maximum Gasteiger partial charge on any atom is 0.417 e. The molecule has 0 heterocycles. The van der Waals surface area contributed by atoms with Crippen molar-refractivity contribution < 1.29 is 27.5 Å². The lowest BCUT2D eigenvalue weighted by molar-refractivity contribution is -0.137. The van der Waals surface area contributed by atoms with E-state index in [1.165, 1.54) is 32.4 Å². The van der Waals surface area contributed by atoms with Crippen LogP contribution in [0.2, 0.25) is 0 Å². The second kappa shape index (κ2) is 9.29. The normalized spacial score (nSPS) is 10.8. The first-order chi connectivity index (χ1) is 13.4. The molecule has 28 heavy (non-hydrogen) atoms. The molecule has 142 valence electrons. The Kier molecular flexibility index (Phi) is 6.84. The Hall–Kier alpha value is -3.71. The molecule has 0 N–H and O–H groups in total. The topological polar surface area (TPSA) is 47.9 Å². The number of benzene rings is 2. The number of methoxy groups -OCH3 is 1. The molecule has 2 aromatic rings. The lowest BCUT2D eigenvalue weighted by Crippen LogP contribution is -2.18. The van der Waals surface area contributed by atoms with E-state index in [0.29, 0.717) is 11.1 Å². The summed E-state index contributed by atoms with van der Waals surface area (Å²) in [5.41, 5.74) is -0.354. The molecule has 0 amide bonds. The van der Waals surface area contributed by atoms with Crippen LogP contribution in [0, 0.1) is 23.7 Å². The van der Waals surface area contributed by atoms with Crippen LogP contribution in [0.5, 0.6) is 0 Å². The molecule has 0 bridgehead atoms. The molecular weight excluding hydrogens is 371 g/mol. The fourth-order valence-electron chi connectivity index (χ4n) is 2.22. The Morgan fingerprint density at radius 1 is 0.929 bits per heavy atom. The predicted octanol–water partition coefficient (Wildman–Crippen LogP) is 3.63. The maximum atomic E-state index is 13.0. The van der Waals surface area contributed by atoms with Crippen molar-refractivity contribution in [3.8, 4) is 23.7 Å². The van der Waals surface area contributed by atoms with Crippen molar-refractivity contribution in [2.45, 2.75) is 6.18 Å². The first kappa shape index (κ1) is 20.6. The van der Waals surface area contributed by atoms with Crippen LogP contribution in [0.25, 0.3) is 0 Å². The van der Waals surface area contributed by atoms with Crippen molar-refractivity contribution in [1.82, 2.24) is 0 Å². The number of alkyl halides is 3. The van der Waals surface area contributed by atoms with Crippen LogP contribution in [0.15, 0.2) is 53.7 Å². The Bertz CT molecular complexity index is 1020. The average Bonchev–Trinajstić information content (AvgIpc) is 2.69. The van der Waals surface area contributed by atoms with Gasteiger partial charge in [0.05, 0.1) is 12.7 Å². The minimum absolute atomic E-state index is 0.0923. The maximum absolute atomic E-state index is 13.0. The number of rotatable bonds is 3. The van der Waals surface area contributed by atoms with E-state index in [9.17, 15) is 18.0 Å². The summed E-state index contributed by atoms with van der Waals surface area (Å²) in [5, 5.41) is 3.65. The first-order valence-electron chi connectivity index (χ1n) is 7.85. The molecular formula is C21H14F3NO3. The van der Waals surface area contributed by atoms with Crippen molar-refractivity contribution in [1.29, 1.82) is 0 Å². The van der Waals surface area contributed by atoms with E-state index in [2.05, 4.69) is 38.4 Å². The van der Waals surface area contributed by atoms with E-state index in [1.54, 1.807) is 24.3 Å². The van der Waals surface area contributed by atoms with E-state index in [4.69, 9.17) is 0 Å². The molecule has 4 nitrogen and oxygen atoms in total. The summed E-state index contributed by atoms with van der Waals surface area (Å²) in [6, 6.07) is 11.5. The van der Waals surface area contributed by atoms with E-state index >= 15 is 0 Å². The van der Waals surface area contributed by atoms with E-state index < -0.39 is 17.7 Å². The van der Waals surface area contributed by atoms with Gasteiger partial charge in [-0.05, 0) is 30.0 Å². The monoisotopic (exact) mass is 385 g/mol. The van der Waals surface area contributed by atoms with Gasteiger partial charge in [-0.1, -0.05) is 47.3 Å². The van der Waals surface area contributed by atoms with Gasteiger partial charge in [-0.15, -0.1) is 0 Å². The first-order valence-corrected chi connectivity index (χ1v) is 7.85. The molecule has 2 rings (SSSR count). The van der Waals surface area contributed by atoms with Crippen molar-refractivity contribution in [2.75, 3.05) is 14.2 Å². The van der Waals surface area contributed by atoms with Gasteiger partial charge < -0.3 is 9.57 Å². The van der Waals surface area contributed by atoms with Crippen LogP contribution in [-0.2, 0) is 20.5 Å². The zero-order valence-electron chi connectivity index (χ0n) is 14.9. The van der Waals surface area contributed by atoms with Crippen LogP contribution in [0.4, 0.5) is 13.2 Å². The van der Waals surface area contributed by atoms with Gasteiger partial charge in [0.15, 0.2) is 5.71 Å². The van der Waals surface area contributed by atoms with Gasteiger partial charge in [0, 0.05) is 16.7 Å². The molecule has 0 aliphatic heterocycles. The van der Waals surface area contributed by atoms with Crippen molar-refractivity contribution in [3.05, 3.63) is 70.8 Å². The molecule has 0 aliphatic rings. The fraction of sp³-hybridized carbons (Fsp3) is 0.143. The molecule has 7 heteroatoms. The Morgan fingerprint density at radius 2 is 1.50 bits per heavy atom. The van der Waals surface area contributed by atoms with Crippen molar-refractivity contribution >= 4 is 11.7 Å². The van der Waals surface area contributed by atoms with E-state index in [1.807, 2.05) is 0 Å². The highest BCUT2D eigenvalue weighted by molar-refractivity contribution is 6.43. The molecule has 0 radical (unpaired) electrons. The number of halogens is 3. The smallest absolute Gasteiger partial charge is 0.417 e. The second-order valence-corrected chi connectivity index (χ2v) is 5.20. The molecule has 0 aliphatic carbocycles. The fourth-order valence-corrected chi connectivity index (χ4v) is 2.22. The van der Waals surface area contributed by atoms with Gasteiger partial charge in [0.1, 0.15) is 7.11 Å². The number of nitrogens with zero attached hydrogens (tertiary/aromatic N) is 1. The number of hydrogen-bond donors (Lipinski definition) is 0. The Labute approximate surface area is 160 Å². The zero-order valence-corrected chi connectivity index (χ0v) is 14.9. The standard InChI is InChI=1S/C21H14F3NO3/c1-27-20(26)19(25-28-2)17-13-7-5-10-15(17)9-3-4-11-16-12-6-8-14-18(16)21(22,23)24/h5-8,10,12-14H,1-2H3/b25-19-. The quantitative estimate of drug-likeness (QED) is 0.351.